The van der Waals surface area contributed by atoms with E-state index in [1.165, 1.54) is 0 Å². The molecular weight excluding hydrogens is 398 g/mol. The van der Waals surface area contributed by atoms with Gasteiger partial charge in [-0.1, -0.05) is 19.1 Å². The Bertz CT molecular complexity index is 755. The van der Waals surface area contributed by atoms with Crippen molar-refractivity contribution >= 4 is 11.9 Å². The summed E-state index contributed by atoms with van der Waals surface area (Å²) in [6.45, 7) is 4.18. The summed E-state index contributed by atoms with van der Waals surface area (Å²) >= 11 is 0. The van der Waals surface area contributed by atoms with Gasteiger partial charge in [0.2, 0.25) is 0 Å². The van der Waals surface area contributed by atoms with E-state index in [9.17, 15) is 9.90 Å². The summed E-state index contributed by atoms with van der Waals surface area (Å²) in [6.07, 6.45) is 12.7. The Morgan fingerprint density at radius 1 is 1.26 bits per heavy atom. The van der Waals surface area contributed by atoms with E-state index < -0.39 is 23.3 Å². The first kappa shape index (κ1) is 22.6. The molecule has 2 spiro atoms. The minimum absolute atomic E-state index is 0.0304. The molecule has 0 saturated carbocycles. The van der Waals surface area contributed by atoms with Crippen LogP contribution in [-0.2, 0) is 14.3 Å². The average Bonchev–Trinajstić information content (AvgIpc) is 3.04. The topological polar surface area (TPSA) is 106 Å². The molecule has 5 heterocycles. The van der Waals surface area contributed by atoms with Gasteiger partial charge in [0.1, 0.15) is 0 Å². The van der Waals surface area contributed by atoms with Gasteiger partial charge in [0.05, 0.1) is 36.2 Å². The molecule has 2 saturated heterocycles. The quantitative estimate of drug-likeness (QED) is 0.430. The number of hydrogen-bond acceptors (Lipinski definition) is 7. The highest BCUT2D eigenvalue weighted by Crippen LogP contribution is 2.45. The third kappa shape index (κ3) is 3.87. The molecule has 174 valence electrons. The van der Waals surface area contributed by atoms with Crippen molar-refractivity contribution in [1.82, 2.24) is 10.6 Å². The normalized spacial score (nSPS) is 43.4. The van der Waals surface area contributed by atoms with Crippen LogP contribution in [0.1, 0.15) is 71.6 Å². The molecule has 0 amide bonds. The Morgan fingerprint density at radius 3 is 2.77 bits per heavy atom. The molecule has 0 radical (unpaired) electrons. The molecule has 0 bridgehead atoms. The van der Waals surface area contributed by atoms with Gasteiger partial charge in [-0.2, -0.15) is 0 Å². The number of ether oxygens (including phenoxy) is 2. The highest BCUT2D eigenvalue weighted by molar-refractivity contribution is 5.81. The number of aliphatic hydroxyl groups excluding tert-OH is 1. The van der Waals surface area contributed by atoms with E-state index in [-0.39, 0.29) is 24.3 Å². The first-order valence-corrected chi connectivity index (χ1v) is 11.8. The van der Waals surface area contributed by atoms with Gasteiger partial charge < -0.3 is 24.5 Å². The summed E-state index contributed by atoms with van der Waals surface area (Å²) in [5, 5.41) is 26.5. The lowest BCUT2D eigenvalue weighted by atomic mass is 9.80. The van der Waals surface area contributed by atoms with E-state index in [0.29, 0.717) is 6.42 Å². The molecule has 0 aliphatic carbocycles. The second-order valence-electron chi connectivity index (χ2n) is 9.54. The highest BCUT2D eigenvalue weighted by atomic mass is 16.5. The number of rotatable bonds is 2. The van der Waals surface area contributed by atoms with E-state index >= 15 is 0 Å². The summed E-state index contributed by atoms with van der Waals surface area (Å²) in [4.78, 5) is 12.3. The number of aliphatic hydroxyl groups is 1. The van der Waals surface area contributed by atoms with Crippen LogP contribution in [0.4, 0.5) is 0 Å². The van der Waals surface area contributed by atoms with Crippen molar-refractivity contribution in [2.75, 3.05) is 7.11 Å². The van der Waals surface area contributed by atoms with Crippen LogP contribution >= 0.6 is 0 Å². The summed E-state index contributed by atoms with van der Waals surface area (Å²) < 4.78 is 15.2. The number of allylic oxidation sites excluding steroid dienone is 1. The van der Waals surface area contributed by atoms with Gasteiger partial charge in [-0.3, -0.25) is 4.58 Å². The smallest absolute Gasteiger partial charge is 0.350 e. The number of guanidine groups is 1. The lowest BCUT2D eigenvalue weighted by molar-refractivity contribution is -0.610. The van der Waals surface area contributed by atoms with E-state index in [2.05, 4.69) is 34.3 Å². The molecule has 8 heteroatoms. The minimum Gasteiger partial charge on any atom is -0.549 e. The van der Waals surface area contributed by atoms with E-state index in [4.69, 9.17) is 14.6 Å². The van der Waals surface area contributed by atoms with Gasteiger partial charge in [-0.05, 0) is 45.4 Å². The highest BCUT2D eigenvalue weighted by Gasteiger charge is 2.62. The third-order valence-corrected chi connectivity index (χ3v) is 7.60. The molecule has 5 aliphatic rings. The molecule has 7 atom stereocenters. The number of nitrogens with one attached hydrogen (secondary N) is 2. The number of carbonyl (C=O) groups is 1. The van der Waals surface area contributed by atoms with Crippen LogP contribution in [-0.4, -0.2) is 64.5 Å². The van der Waals surface area contributed by atoms with Crippen LogP contribution in [0.5, 0.6) is 0 Å². The van der Waals surface area contributed by atoms with E-state index in [1.54, 1.807) is 0 Å². The predicted molar refractivity (Wildman–Crippen MR) is 113 cm³/mol. The molecule has 2 fully saturated rings. The third-order valence-electron chi connectivity index (χ3n) is 7.60. The summed E-state index contributed by atoms with van der Waals surface area (Å²) in [5.41, 5.74) is -1.32. The molecule has 8 nitrogen and oxygen atoms in total. The Hall–Kier alpha value is -1.64. The van der Waals surface area contributed by atoms with Crippen molar-refractivity contribution in [3.05, 3.63) is 12.2 Å². The molecule has 5 rings (SSSR count). The average molecular weight is 436 g/mol. The maximum absolute atomic E-state index is 12.3. The van der Waals surface area contributed by atoms with Crippen LogP contribution < -0.4 is 15.7 Å². The van der Waals surface area contributed by atoms with Gasteiger partial charge >= 0.3 is 5.96 Å². The van der Waals surface area contributed by atoms with Gasteiger partial charge in [0, 0.05) is 26.4 Å². The molecule has 3 N–H and O–H groups in total. The van der Waals surface area contributed by atoms with Crippen molar-refractivity contribution in [2.24, 2.45) is 5.92 Å². The molecule has 0 unspecified atom stereocenters. The van der Waals surface area contributed by atoms with Gasteiger partial charge in [-0.15, -0.1) is 0 Å². The van der Waals surface area contributed by atoms with Crippen LogP contribution in [0, 0.1) is 5.92 Å². The maximum atomic E-state index is 12.3. The molecule has 0 aromatic carbocycles. The fourth-order valence-electron chi connectivity index (χ4n) is 6.40. The van der Waals surface area contributed by atoms with Crippen LogP contribution in [0.3, 0.4) is 0 Å². The van der Waals surface area contributed by atoms with Gasteiger partial charge in [0.15, 0.2) is 11.4 Å². The standard InChI is InChI=1S/C22H33N3O4.CH4O/c1-3-16-8-4-5-11-21(29-16)13-15-9-10-17-18(19(26)27)22(12-6-7-14(2)28-22)24-20(23-21)25(15)17;1-2/h4,8,14-18H,3,5-7,9-13H2,1-2H3,(H2,23,24,26,27);2H,1H3/t14-,15+,16+,17-,18-,21+,22-;/m1./s1. The second kappa shape index (κ2) is 8.71. The number of aliphatic carboxylic acids is 1. The number of carboxylic acids is 1. The maximum Gasteiger partial charge on any atom is 0.350 e. The first-order chi connectivity index (χ1) is 15.0. The van der Waals surface area contributed by atoms with E-state index in [1.807, 2.05) is 6.92 Å². The van der Waals surface area contributed by atoms with Crippen LogP contribution in [0.25, 0.3) is 0 Å². The predicted octanol–water partition coefficient (Wildman–Crippen LogP) is 0.584. The van der Waals surface area contributed by atoms with Crippen molar-refractivity contribution in [2.45, 2.75) is 107 Å². The fraction of sp³-hybridized carbons (Fsp3) is 0.826. The minimum atomic E-state index is -1.00. The Balaban J connectivity index is 0.00000112. The lowest BCUT2D eigenvalue weighted by Crippen LogP contribution is -2.77. The zero-order valence-electron chi connectivity index (χ0n) is 18.9. The number of nitrogens with zero attached hydrogens (tertiary/aromatic N) is 1. The molecular formula is C23H37N3O5. The van der Waals surface area contributed by atoms with Crippen molar-refractivity contribution in [1.29, 1.82) is 0 Å². The molecule has 0 aromatic heterocycles. The molecule has 5 aliphatic heterocycles. The second-order valence-corrected chi connectivity index (χ2v) is 9.54. The van der Waals surface area contributed by atoms with E-state index in [0.717, 1.165) is 64.4 Å². The molecule has 0 aromatic rings. The number of carbonyl (C=O) groups excluding carboxylic acids is 1. The fourth-order valence-corrected chi connectivity index (χ4v) is 6.40. The lowest BCUT2D eigenvalue weighted by Gasteiger charge is -2.51. The summed E-state index contributed by atoms with van der Waals surface area (Å²) in [5.74, 6) is -0.778. The number of carboxylic acid groups (broad SMARTS) is 1. The van der Waals surface area contributed by atoms with Crippen molar-refractivity contribution in [3.8, 4) is 0 Å². The van der Waals surface area contributed by atoms with Gasteiger partial charge in [-0.25, -0.2) is 10.6 Å². The largest absolute Gasteiger partial charge is 0.549 e. The zero-order chi connectivity index (χ0) is 22.2. The van der Waals surface area contributed by atoms with Crippen LogP contribution in [0.15, 0.2) is 12.2 Å². The first-order valence-electron chi connectivity index (χ1n) is 11.8. The van der Waals surface area contributed by atoms with Crippen molar-refractivity contribution in [3.63, 3.8) is 0 Å². The summed E-state index contributed by atoms with van der Waals surface area (Å²) in [6, 6.07) is 0.182. The molecule has 31 heavy (non-hydrogen) atoms. The monoisotopic (exact) mass is 435 g/mol. The number of hydrogen-bond donors (Lipinski definition) is 3. The Labute approximate surface area is 184 Å². The Kier molecular flexibility index (Phi) is 6.34. The SMILES string of the molecule is CC[C@H]1C=CCC[C@@]2(C[C@@H]3CC[C@@H]4[C@H](C(=O)[O-])[C@]5(CCC[C@@H](C)O5)NC(=[N+]34)N2)O1.CO. The van der Waals surface area contributed by atoms with Gasteiger partial charge in [0.25, 0.3) is 0 Å². The summed E-state index contributed by atoms with van der Waals surface area (Å²) in [7, 11) is 1.00. The van der Waals surface area contributed by atoms with Crippen molar-refractivity contribution < 1.29 is 29.1 Å². The Morgan fingerprint density at radius 2 is 2.06 bits per heavy atom. The zero-order valence-corrected chi connectivity index (χ0v) is 18.9. The van der Waals surface area contributed by atoms with Crippen LogP contribution in [0.2, 0.25) is 0 Å².